The molecule has 1 saturated heterocycles. The van der Waals surface area contributed by atoms with Crippen LogP contribution >= 0.6 is 0 Å². The summed E-state index contributed by atoms with van der Waals surface area (Å²) >= 11 is 0. The first-order valence-corrected chi connectivity index (χ1v) is 7.74. The van der Waals surface area contributed by atoms with Gasteiger partial charge in [0.1, 0.15) is 0 Å². The van der Waals surface area contributed by atoms with Gasteiger partial charge in [-0.15, -0.1) is 0 Å². The van der Waals surface area contributed by atoms with Crippen molar-refractivity contribution in [1.29, 1.82) is 0 Å². The van der Waals surface area contributed by atoms with E-state index in [0.717, 1.165) is 31.7 Å². The minimum absolute atomic E-state index is 0.154. The topological polar surface area (TPSA) is 26.8 Å². The van der Waals surface area contributed by atoms with Crippen LogP contribution in [0.2, 0.25) is 0 Å². The molecule has 0 saturated carbocycles. The van der Waals surface area contributed by atoms with Crippen molar-refractivity contribution in [3.05, 3.63) is 35.9 Å². The highest BCUT2D eigenvalue weighted by atomic mass is 16.2. The number of hydrogen-bond donors (Lipinski definition) is 0. The van der Waals surface area contributed by atoms with Gasteiger partial charge >= 0.3 is 0 Å². The molecule has 1 aliphatic heterocycles. The van der Waals surface area contributed by atoms with Crippen molar-refractivity contribution in [3.63, 3.8) is 0 Å². The normalized spacial score (nSPS) is 23.6. The van der Waals surface area contributed by atoms with Crippen LogP contribution in [0.1, 0.15) is 24.2 Å². The Hall–Kier alpha value is -1.39. The van der Waals surface area contributed by atoms with Gasteiger partial charge in [-0.2, -0.15) is 0 Å². The summed E-state index contributed by atoms with van der Waals surface area (Å²) in [5.41, 5.74) is 0.790. The number of carbonyl (C=O) groups is 1. The fraction of sp³-hybridized carbons (Fsp3) is 0.588. The number of hydrogen-bond acceptors (Lipinski definition) is 3. The molecule has 0 aromatic heterocycles. The smallest absolute Gasteiger partial charge is 0.253 e. The minimum atomic E-state index is 0.154. The van der Waals surface area contributed by atoms with Crippen LogP contribution in [0, 0.1) is 0 Å². The van der Waals surface area contributed by atoms with E-state index in [1.165, 1.54) is 0 Å². The Morgan fingerprint density at radius 2 is 1.71 bits per heavy atom. The molecule has 116 valence electrons. The van der Waals surface area contributed by atoms with Gasteiger partial charge in [0, 0.05) is 43.8 Å². The number of rotatable bonds is 4. The largest absolute Gasteiger partial charge is 0.336 e. The monoisotopic (exact) mass is 289 g/mol. The second-order valence-corrected chi connectivity index (χ2v) is 6.32. The summed E-state index contributed by atoms with van der Waals surface area (Å²) in [5, 5.41) is 0. The molecule has 1 aromatic rings. The molecule has 2 rings (SSSR count). The van der Waals surface area contributed by atoms with E-state index in [1.807, 2.05) is 35.2 Å². The lowest BCUT2D eigenvalue weighted by Crippen LogP contribution is -2.59. The number of carbonyl (C=O) groups excluding carboxylic acids is 1. The van der Waals surface area contributed by atoms with E-state index < -0.39 is 0 Å². The summed E-state index contributed by atoms with van der Waals surface area (Å²) in [6.07, 6.45) is 0. The second kappa shape index (κ2) is 7.05. The third kappa shape index (κ3) is 4.05. The van der Waals surface area contributed by atoms with Crippen molar-refractivity contribution in [2.24, 2.45) is 0 Å². The van der Waals surface area contributed by atoms with Crippen LogP contribution in [0.25, 0.3) is 0 Å². The maximum Gasteiger partial charge on any atom is 0.253 e. The van der Waals surface area contributed by atoms with Crippen LogP contribution in [-0.4, -0.2) is 73.0 Å². The molecule has 0 aliphatic carbocycles. The van der Waals surface area contributed by atoms with Crippen LogP contribution in [0.5, 0.6) is 0 Å². The zero-order valence-corrected chi connectivity index (χ0v) is 13.6. The lowest BCUT2D eigenvalue weighted by atomic mass is 10.1. The molecule has 2 atom stereocenters. The van der Waals surface area contributed by atoms with E-state index in [4.69, 9.17) is 0 Å². The van der Waals surface area contributed by atoms with E-state index in [2.05, 4.69) is 37.7 Å². The van der Waals surface area contributed by atoms with E-state index in [1.54, 1.807) is 0 Å². The molecular weight excluding hydrogens is 262 g/mol. The highest BCUT2D eigenvalue weighted by molar-refractivity contribution is 5.94. The number of likely N-dealkylation sites (N-methyl/N-ethyl adjacent to an activating group) is 1. The average molecular weight is 289 g/mol. The van der Waals surface area contributed by atoms with Gasteiger partial charge < -0.3 is 9.80 Å². The minimum Gasteiger partial charge on any atom is -0.336 e. The number of nitrogens with zero attached hydrogens (tertiary/aromatic N) is 3. The zero-order valence-electron chi connectivity index (χ0n) is 13.6. The first-order valence-electron chi connectivity index (χ1n) is 7.74. The van der Waals surface area contributed by atoms with Gasteiger partial charge in [-0.25, -0.2) is 0 Å². The Kier molecular flexibility index (Phi) is 5.37. The third-order valence-electron chi connectivity index (χ3n) is 4.21. The van der Waals surface area contributed by atoms with Gasteiger partial charge in [0.2, 0.25) is 0 Å². The van der Waals surface area contributed by atoms with E-state index in [0.29, 0.717) is 12.1 Å². The Morgan fingerprint density at radius 3 is 2.24 bits per heavy atom. The fourth-order valence-electron chi connectivity index (χ4n) is 3.04. The van der Waals surface area contributed by atoms with E-state index in [9.17, 15) is 4.79 Å². The van der Waals surface area contributed by atoms with Crippen LogP contribution in [0.3, 0.4) is 0 Å². The molecule has 4 nitrogen and oxygen atoms in total. The van der Waals surface area contributed by atoms with Gasteiger partial charge in [0.05, 0.1) is 0 Å². The van der Waals surface area contributed by atoms with Crippen LogP contribution < -0.4 is 0 Å². The van der Waals surface area contributed by atoms with E-state index >= 15 is 0 Å². The molecule has 2 unspecified atom stereocenters. The number of piperazine rings is 1. The Morgan fingerprint density at radius 1 is 1.14 bits per heavy atom. The first kappa shape index (κ1) is 16.0. The SMILES string of the molecule is CC1CN(C(=O)c2ccccc2)CC(C)N1CCN(C)C. The van der Waals surface area contributed by atoms with Gasteiger partial charge in [-0.3, -0.25) is 9.69 Å². The number of amides is 1. The maximum absolute atomic E-state index is 12.6. The molecule has 1 fully saturated rings. The Balaban J connectivity index is 1.99. The molecular formula is C17H27N3O. The molecule has 21 heavy (non-hydrogen) atoms. The molecule has 0 bridgehead atoms. The molecule has 1 aliphatic rings. The zero-order chi connectivity index (χ0) is 15.4. The molecule has 1 heterocycles. The van der Waals surface area contributed by atoms with Crippen LogP contribution in [0.15, 0.2) is 30.3 Å². The van der Waals surface area contributed by atoms with Crippen molar-refractivity contribution in [3.8, 4) is 0 Å². The predicted octanol–water partition coefficient (Wildman–Crippen LogP) is 1.78. The highest BCUT2D eigenvalue weighted by Crippen LogP contribution is 2.17. The molecule has 1 aromatic carbocycles. The third-order valence-corrected chi connectivity index (χ3v) is 4.21. The van der Waals surface area contributed by atoms with Crippen molar-refractivity contribution in [2.45, 2.75) is 25.9 Å². The summed E-state index contributed by atoms with van der Waals surface area (Å²) in [5.74, 6) is 0.154. The van der Waals surface area contributed by atoms with Crippen molar-refractivity contribution in [2.75, 3.05) is 40.3 Å². The standard InChI is InChI=1S/C17H27N3O/c1-14-12-19(17(21)16-8-6-5-7-9-16)13-15(2)20(14)11-10-18(3)4/h5-9,14-15H,10-13H2,1-4H3. The van der Waals surface area contributed by atoms with Crippen LogP contribution in [0.4, 0.5) is 0 Å². The first-order chi connectivity index (χ1) is 9.99. The van der Waals surface area contributed by atoms with Gasteiger partial charge in [0.25, 0.3) is 5.91 Å². The molecule has 0 radical (unpaired) electrons. The molecule has 0 N–H and O–H groups in total. The van der Waals surface area contributed by atoms with Gasteiger partial charge in [0.15, 0.2) is 0 Å². The molecule has 0 spiro atoms. The summed E-state index contributed by atoms with van der Waals surface area (Å²) in [6.45, 7) is 8.17. The predicted molar refractivity (Wildman–Crippen MR) is 86.5 cm³/mol. The number of benzene rings is 1. The maximum atomic E-state index is 12.6. The molecule has 1 amide bonds. The summed E-state index contributed by atoms with van der Waals surface area (Å²) < 4.78 is 0. The van der Waals surface area contributed by atoms with Crippen LogP contribution in [-0.2, 0) is 0 Å². The summed E-state index contributed by atoms with van der Waals surface area (Å²) in [7, 11) is 4.20. The second-order valence-electron chi connectivity index (χ2n) is 6.32. The lowest BCUT2D eigenvalue weighted by Gasteiger charge is -2.44. The highest BCUT2D eigenvalue weighted by Gasteiger charge is 2.31. The molecule has 4 heteroatoms. The summed E-state index contributed by atoms with van der Waals surface area (Å²) in [4.78, 5) is 19.3. The Labute approximate surface area is 128 Å². The lowest BCUT2D eigenvalue weighted by molar-refractivity contribution is 0.0283. The van der Waals surface area contributed by atoms with Crippen molar-refractivity contribution < 1.29 is 4.79 Å². The summed E-state index contributed by atoms with van der Waals surface area (Å²) in [6, 6.07) is 10.4. The van der Waals surface area contributed by atoms with Gasteiger partial charge in [-0.05, 0) is 40.1 Å². The van der Waals surface area contributed by atoms with Crippen molar-refractivity contribution in [1.82, 2.24) is 14.7 Å². The quantitative estimate of drug-likeness (QED) is 0.845. The fourth-order valence-corrected chi connectivity index (χ4v) is 3.04. The van der Waals surface area contributed by atoms with Gasteiger partial charge in [-0.1, -0.05) is 18.2 Å². The van der Waals surface area contributed by atoms with Crippen molar-refractivity contribution >= 4 is 5.91 Å². The van der Waals surface area contributed by atoms with E-state index in [-0.39, 0.29) is 5.91 Å². The Bertz CT molecular complexity index is 448. The average Bonchev–Trinajstić information content (AvgIpc) is 2.46.